The molecule has 0 bridgehead atoms. The third-order valence-electron chi connectivity index (χ3n) is 4.82. The first-order valence-corrected chi connectivity index (χ1v) is 10.2. The van der Waals surface area contributed by atoms with Gasteiger partial charge in [-0.05, 0) is 54.5 Å². The van der Waals surface area contributed by atoms with Crippen molar-refractivity contribution in [3.05, 3.63) is 40.5 Å². The van der Waals surface area contributed by atoms with Crippen LogP contribution in [0.2, 0.25) is 0 Å². The van der Waals surface area contributed by atoms with Crippen LogP contribution in [0.5, 0.6) is 11.5 Å². The average Bonchev–Trinajstić information content (AvgIpc) is 2.69. The minimum absolute atomic E-state index is 0.00195. The molecule has 0 N–H and O–H groups in total. The topological polar surface area (TPSA) is 79.6 Å². The van der Waals surface area contributed by atoms with Crippen LogP contribution in [0.4, 0.5) is 0 Å². The van der Waals surface area contributed by atoms with E-state index in [4.69, 9.17) is 9.47 Å². The summed E-state index contributed by atoms with van der Waals surface area (Å²) < 4.78 is 11.3. The Labute approximate surface area is 178 Å². The maximum absolute atomic E-state index is 13.0. The largest absolute Gasteiger partial charge is 0.493 e. The summed E-state index contributed by atoms with van der Waals surface area (Å²) in [5.74, 6) is 0.919. The Morgan fingerprint density at radius 1 is 1.10 bits per heavy atom. The molecule has 1 aliphatic heterocycles. The number of carbonyl (C=O) groups excluding carboxylic acids is 2. The predicted octanol–water partition coefficient (Wildman–Crippen LogP) is 4.37. The highest BCUT2D eigenvalue weighted by atomic mass is 16.5. The van der Waals surface area contributed by atoms with Crippen molar-refractivity contribution in [2.24, 2.45) is 11.8 Å². The van der Waals surface area contributed by atoms with Gasteiger partial charge in [-0.3, -0.25) is 14.5 Å². The number of hydrogen-bond acceptors (Lipinski definition) is 5. The number of carbonyl (C=O) groups is 2. The zero-order chi connectivity index (χ0) is 22.4. The predicted molar refractivity (Wildman–Crippen MR) is 116 cm³/mol. The number of nitriles is 1. The van der Waals surface area contributed by atoms with Crippen molar-refractivity contribution < 1.29 is 19.1 Å². The molecule has 6 heteroatoms. The van der Waals surface area contributed by atoms with Gasteiger partial charge < -0.3 is 9.47 Å². The number of methoxy groups -OCH3 is 1. The summed E-state index contributed by atoms with van der Waals surface area (Å²) in [6.07, 6.45) is 2.62. The fourth-order valence-corrected chi connectivity index (χ4v) is 3.13. The first-order valence-electron chi connectivity index (χ1n) is 10.2. The van der Waals surface area contributed by atoms with Gasteiger partial charge in [-0.15, -0.1) is 0 Å². The normalized spacial score (nSPS) is 16.0. The summed E-state index contributed by atoms with van der Waals surface area (Å²) in [4.78, 5) is 26.7. The molecule has 0 spiro atoms. The first-order chi connectivity index (χ1) is 14.2. The van der Waals surface area contributed by atoms with E-state index < -0.39 is 5.91 Å². The zero-order valence-electron chi connectivity index (χ0n) is 18.6. The molecule has 6 nitrogen and oxygen atoms in total. The summed E-state index contributed by atoms with van der Waals surface area (Å²) in [5, 5.41) is 9.46. The fourth-order valence-electron chi connectivity index (χ4n) is 3.13. The highest BCUT2D eigenvalue weighted by molar-refractivity contribution is 6.19. The van der Waals surface area contributed by atoms with E-state index in [0.29, 0.717) is 35.2 Å². The molecule has 0 unspecified atom stereocenters. The molecule has 1 heterocycles. The van der Waals surface area contributed by atoms with Gasteiger partial charge in [0.2, 0.25) is 0 Å². The van der Waals surface area contributed by atoms with Crippen LogP contribution in [0.15, 0.2) is 34.9 Å². The molecule has 0 aromatic heterocycles. The van der Waals surface area contributed by atoms with Gasteiger partial charge in [-0.2, -0.15) is 5.26 Å². The quantitative estimate of drug-likeness (QED) is 0.470. The van der Waals surface area contributed by atoms with Crippen molar-refractivity contribution in [1.82, 2.24) is 4.90 Å². The van der Waals surface area contributed by atoms with Crippen molar-refractivity contribution in [3.8, 4) is 17.6 Å². The van der Waals surface area contributed by atoms with E-state index in [1.165, 1.54) is 0 Å². The second kappa shape index (κ2) is 10.1. The second-order valence-corrected chi connectivity index (χ2v) is 8.23. The minimum atomic E-state index is -0.530. The molecule has 0 fully saturated rings. The van der Waals surface area contributed by atoms with Crippen LogP contribution in [0, 0.1) is 23.2 Å². The minimum Gasteiger partial charge on any atom is -0.493 e. The lowest BCUT2D eigenvalue weighted by molar-refractivity contribution is -0.141. The molecule has 1 aliphatic rings. The van der Waals surface area contributed by atoms with Gasteiger partial charge in [-0.1, -0.05) is 33.8 Å². The Hall–Kier alpha value is -3.07. The lowest BCUT2D eigenvalue weighted by Gasteiger charge is -2.28. The molecular formula is C24H30N2O4. The molecule has 1 aromatic rings. The van der Waals surface area contributed by atoms with E-state index >= 15 is 0 Å². The number of ether oxygens (including phenoxy) is 2. The zero-order valence-corrected chi connectivity index (χ0v) is 18.6. The number of imide groups is 1. The van der Waals surface area contributed by atoms with Gasteiger partial charge in [0.25, 0.3) is 11.8 Å². The van der Waals surface area contributed by atoms with Gasteiger partial charge in [0.1, 0.15) is 11.6 Å². The van der Waals surface area contributed by atoms with Crippen molar-refractivity contribution in [2.75, 3.05) is 20.3 Å². The monoisotopic (exact) mass is 410 g/mol. The molecule has 0 atom stereocenters. The van der Waals surface area contributed by atoms with Crippen molar-refractivity contribution >= 4 is 17.9 Å². The molecule has 0 aliphatic carbocycles. The van der Waals surface area contributed by atoms with Gasteiger partial charge in [-0.25, -0.2) is 0 Å². The first kappa shape index (κ1) is 23.2. The second-order valence-electron chi connectivity index (χ2n) is 8.23. The van der Waals surface area contributed by atoms with E-state index in [9.17, 15) is 14.9 Å². The molecule has 2 rings (SSSR count). The Balaban J connectivity index is 2.42. The number of rotatable bonds is 8. The molecule has 1 aromatic carbocycles. The highest BCUT2D eigenvalue weighted by Crippen LogP contribution is 2.32. The molecule has 0 saturated heterocycles. The number of nitrogens with zero attached hydrogens (tertiary/aromatic N) is 2. The summed E-state index contributed by atoms with van der Waals surface area (Å²) in [6.45, 7) is 10.6. The standard InChI is InChI=1S/C24H30N2O4/c1-15(2)9-10-30-21-8-7-18(12-22(21)29-6)11-19-17(5)20(13-25)24(28)26(23(19)27)14-16(3)4/h7-8,11-12,15-16H,9-10,14H2,1-6H3/b19-11+. The van der Waals surface area contributed by atoms with Crippen LogP contribution in [-0.2, 0) is 9.59 Å². The molecule has 30 heavy (non-hydrogen) atoms. The Bertz CT molecular complexity index is 920. The summed E-state index contributed by atoms with van der Waals surface area (Å²) in [5.41, 5.74) is 1.45. The molecular weight excluding hydrogens is 380 g/mol. The molecule has 0 radical (unpaired) electrons. The van der Waals surface area contributed by atoms with E-state index in [0.717, 1.165) is 16.9 Å². The van der Waals surface area contributed by atoms with Crippen LogP contribution in [-0.4, -0.2) is 37.0 Å². The van der Waals surface area contributed by atoms with E-state index in [1.54, 1.807) is 32.2 Å². The van der Waals surface area contributed by atoms with Crippen LogP contribution in [0.3, 0.4) is 0 Å². The fraction of sp³-hybridized carbons (Fsp3) is 0.458. The maximum atomic E-state index is 13.0. The van der Waals surface area contributed by atoms with Crippen molar-refractivity contribution in [2.45, 2.75) is 41.0 Å². The Morgan fingerprint density at radius 2 is 1.80 bits per heavy atom. The van der Waals surface area contributed by atoms with Crippen LogP contribution in [0.25, 0.3) is 6.08 Å². The third-order valence-corrected chi connectivity index (χ3v) is 4.82. The van der Waals surface area contributed by atoms with E-state index in [-0.39, 0.29) is 23.9 Å². The molecule has 160 valence electrons. The van der Waals surface area contributed by atoms with Crippen molar-refractivity contribution in [3.63, 3.8) is 0 Å². The summed E-state index contributed by atoms with van der Waals surface area (Å²) in [7, 11) is 1.56. The lowest BCUT2D eigenvalue weighted by atomic mass is 9.93. The van der Waals surface area contributed by atoms with Gasteiger partial charge in [0.05, 0.1) is 13.7 Å². The Morgan fingerprint density at radius 3 is 2.37 bits per heavy atom. The van der Waals surface area contributed by atoms with Crippen LogP contribution < -0.4 is 9.47 Å². The van der Waals surface area contributed by atoms with E-state index in [2.05, 4.69) is 13.8 Å². The maximum Gasteiger partial charge on any atom is 0.271 e. The van der Waals surface area contributed by atoms with Gasteiger partial charge in [0.15, 0.2) is 11.5 Å². The number of amides is 2. The molecule has 0 saturated carbocycles. The SMILES string of the molecule is COc1cc(/C=C2/C(=O)N(CC(C)C)C(=O)C(C#N)=C2C)ccc1OCCC(C)C. The highest BCUT2D eigenvalue weighted by Gasteiger charge is 2.35. The van der Waals surface area contributed by atoms with Gasteiger partial charge in [0, 0.05) is 12.1 Å². The summed E-state index contributed by atoms with van der Waals surface area (Å²) in [6, 6.07) is 7.38. The lowest BCUT2D eigenvalue weighted by Crippen LogP contribution is -2.44. The van der Waals surface area contributed by atoms with E-state index in [1.807, 2.05) is 26.0 Å². The van der Waals surface area contributed by atoms with Crippen LogP contribution >= 0.6 is 0 Å². The third kappa shape index (κ3) is 5.29. The average molecular weight is 411 g/mol. The van der Waals surface area contributed by atoms with Crippen LogP contribution in [0.1, 0.15) is 46.6 Å². The molecule has 2 amide bonds. The number of hydrogen-bond donors (Lipinski definition) is 0. The Kier molecular flexibility index (Phi) is 7.82. The van der Waals surface area contributed by atoms with Gasteiger partial charge >= 0.3 is 0 Å². The smallest absolute Gasteiger partial charge is 0.271 e. The number of benzene rings is 1. The summed E-state index contributed by atoms with van der Waals surface area (Å²) >= 11 is 0. The van der Waals surface area contributed by atoms with Crippen molar-refractivity contribution in [1.29, 1.82) is 5.26 Å².